The number of benzene rings is 2. The molecule has 0 aliphatic carbocycles. The maximum absolute atomic E-state index is 12.8. The number of halogens is 1. The summed E-state index contributed by atoms with van der Waals surface area (Å²) >= 11 is 5.82. The van der Waals surface area contributed by atoms with Gasteiger partial charge in [0.25, 0.3) is 11.8 Å². The summed E-state index contributed by atoms with van der Waals surface area (Å²) in [6.07, 6.45) is 1.14. The van der Waals surface area contributed by atoms with E-state index in [9.17, 15) is 24.5 Å². The van der Waals surface area contributed by atoms with E-state index >= 15 is 0 Å². The molecular formula is C18H12ClN3O6. The van der Waals surface area contributed by atoms with E-state index in [4.69, 9.17) is 16.3 Å². The van der Waals surface area contributed by atoms with Gasteiger partial charge in [0.15, 0.2) is 0 Å². The summed E-state index contributed by atoms with van der Waals surface area (Å²) in [6, 6.07) is 9.01. The van der Waals surface area contributed by atoms with Crippen molar-refractivity contribution in [1.82, 2.24) is 5.32 Å². The van der Waals surface area contributed by atoms with E-state index in [2.05, 4.69) is 5.32 Å². The molecule has 1 aliphatic heterocycles. The number of imide groups is 2. The van der Waals surface area contributed by atoms with Gasteiger partial charge in [-0.3, -0.25) is 25.0 Å². The van der Waals surface area contributed by atoms with Gasteiger partial charge in [-0.25, -0.2) is 9.69 Å². The number of methoxy groups -OCH3 is 1. The lowest BCUT2D eigenvalue weighted by molar-refractivity contribution is -0.385. The highest BCUT2D eigenvalue weighted by molar-refractivity contribution is 6.39. The number of carbonyl (C=O) groups is 3. The van der Waals surface area contributed by atoms with E-state index in [0.717, 1.165) is 11.0 Å². The molecule has 0 atom stereocenters. The molecule has 142 valence electrons. The molecule has 10 heteroatoms. The van der Waals surface area contributed by atoms with E-state index < -0.39 is 22.8 Å². The largest absolute Gasteiger partial charge is 0.490 e. The Morgan fingerprint density at radius 1 is 1.14 bits per heavy atom. The number of carbonyl (C=O) groups excluding carboxylic acids is 3. The lowest BCUT2D eigenvalue weighted by atomic mass is 10.1. The highest BCUT2D eigenvalue weighted by Crippen LogP contribution is 2.33. The molecule has 4 amide bonds. The van der Waals surface area contributed by atoms with Crippen molar-refractivity contribution in [2.45, 2.75) is 0 Å². The van der Waals surface area contributed by atoms with Crippen LogP contribution in [0.5, 0.6) is 5.75 Å². The zero-order chi connectivity index (χ0) is 20.4. The molecular weight excluding hydrogens is 390 g/mol. The number of urea groups is 1. The predicted molar refractivity (Wildman–Crippen MR) is 100 cm³/mol. The van der Waals surface area contributed by atoms with Gasteiger partial charge >= 0.3 is 11.7 Å². The van der Waals surface area contributed by atoms with Crippen LogP contribution in [0.15, 0.2) is 48.0 Å². The van der Waals surface area contributed by atoms with Crippen molar-refractivity contribution in [3.63, 3.8) is 0 Å². The maximum atomic E-state index is 12.8. The fourth-order valence-electron chi connectivity index (χ4n) is 2.66. The third-order valence-electron chi connectivity index (χ3n) is 3.91. The predicted octanol–water partition coefficient (Wildman–Crippen LogP) is 2.92. The number of anilines is 1. The van der Waals surface area contributed by atoms with Crippen LogP contribution in [0, 0.1) is 10.1 Å². The second-order valence-corrected chi connectivity index (χ2v) is 6.03. The minimum Gasteiger partial charge on any atom is -0.490 e. The second kappa shape index (κ2) is 7.49. The van der Waals surface area contributed by atoms with Gasteiger partial charge < -0.3 is 4.74 Å². The zero-order valence-corrected chi connectivity index (χ0v) is 15.1. The molecule has 2 aromatic carbocycles. The lowest BCUT2D eigenvalue weighted by Gasteiger charge is -2.26. The molecule has 1 heterocycles. The van der Waals surface area contributed by atoms with Crippen LogP contribution >= 0.6 is 11.6 Å². The maximum Gasteiger partial charge on any atom is 0.335 e. The molecule has 1 saturated heterocycles. The molecule has 28 heavy (non-hydrogen) atoms. The number of nitro groups is 1. The minimum atomic E-state index is -0.922. The molecule has 3 rings (SSSR count). The number of hydrogen-bond donors (Lipinski definition) is 1. The summed E-state index contributed by atoms with van der Waals surface area (Å²) in [7, 11) is 1.23. The van der Waals surface area contributed by atoms with Crippen LogP contribution in [0.1, 0.15) is 5.56 Å². The Morgan fingerprint density at radius 2 is 1.82 bits per heavy atom. The number of nitro benzene ring substituents is 1. The molecule has 9 nitrogen and oxygen atoms in total. The second-order valence-electron chi connectivity index (χ2n) is 5.59. The van der Waals surface area contributed by atoms with Crippen molar-refractivity contribution in [2.75, 3.05) is 12.0 Å². The summed E-state index contributed by atoms with van der Waals surface area (Å²) in [4.78, 5) is 48.5. The number of rotatable bonds is 4. The number of hydrogen-bond acceptors (Lipinski definition) is 6. The number of amides is 4. The highest BCUT2D eigenvalue weighted by Gasteiger charge is 2.37. The van der Waals surface area contributed by atoms with Crippen molar-refractivity contribution in [2.24, 2.45) is 0 Å². The van der Waals surface area contributed by atoms with Crippen LogP contribution in [-0.4, -0.2) is 29.9 Å². The quantitative estimate of drug-likeness (QED) is 0.364. The summed E-state index contributed by atoms with van der Waals surface area (Å²) in [5.41, 5.74) is -0.364. The van der Waals surface area contributed by atoms with Crippen molar-refractivity contribution in [3.05, 3.63) is 68.7 Å². The van der Waals surface area contributed by atoms with Gasteiger partial charge in [0.2, 0.25) is 5.75 Å². The SMILES string of the molecule is COc1c(/C=C2\C(=O)NC(=O)N(c3ccc(Cl)cc3)C2=O)cccc1[N+](=O)[O-]. The fourth-order valence-corrected chi connectivity index (χ4v) is 2.79. The monoisotopic (exact) mass is 401 g/mol. The standard InChI is InChI=1S/C18H12ClN3O6/c1-28-15-10(3-2-4-14(15)22(26)27)9-13-16(23)20-18(25)21(17(13)24)12-7-5-11(19)6-8-12/h2-9H,1H3,(H,20,23,25)/b13-9+. The Balaban J connectivity index is 2.08. The van der Waals surface area contributed by atoms with Gasteiger partial charge in [0.05, 0.1) is 17.7 Å². The van der Waals surface area contributed by atoms with Gasteiger partial charge in [-0.1, -0.05) is 23.7 Å². The third kappa shape index (κ3) is 3.42. The van der Waals surface area contributed by atoms with E-state index in [-0.39, 0.29) is 28.3 Å². The Morgan fingerprint density at radius 3 is 2.43 bits per heavy atom. The molecule has 0 bridgehead atoms. The topological polar surface area (TPSA) is 119 Å². The number of para-hydroxylation sites is 1. The molecule has 0 aromatic heterocycles. The molecule has 2 aromatic rings. The summed E-state index contributed by atoms with van der Waals surface area (Å²) in [6.45, 7) is 0. The van der Waals surface area contributed by atoms with Gasteiger partial charge in [-0.15, -0.1) is 0 Å². The lowest BCUT2D eigenvalue weighted by Crippen LogP contribution is -2.54. The van der Waals surface area contributed by atoms with E-state index in [1.807, 2.05) is 0 Å². The number of nitrogens with one attached hydrogen (secondary N) is 1. The Kier molecular flexibility index (Phi) is 5.10. The third-order valence-corrected chi connectivity index (χ3v) is 4.16. The van der Waals surface area contributed by atoms with Crippen molar-refractivity contribution in [1.29, 1.82) is 0 Å². The smallest absolute Gasteiger partial charge is 0.335 e. The van der Waals surface area contributed by atoms with Gasteiger partial charge in [-0.05, 0) is 30.3 Å². The van der Waals surface area contributed by atoms with Gasteiger partial charge in [0, 0.05) is 16.7 Å². The molecule has 0 unspecified atom stereocenters. The molecule has 1 N–H and O–H groups in total. The van der Waals surface area contributed by atoms with Crippen molar-refractivity contribution in [3.8, 4) is 5.75 Å². The van der Waals surface area contributed by atoms with Crippen LogP contribution in [0.3, 0.4) is 0 Å². The first kappa shape index (κ1) is 19.1. The summed E-state index contributed by atoms with van der Waals surface area (Å²) in [5, 5.41) is 13.6. The molecule has 0 saturated carbocycles. The molecule has 1 fully saturated rings. The first-order valence-electron chi connectivity index (χ1n) is 7.82. The molecule has 0 spiro atoms. The molecule has 0 radical (unpaired) electrons. The van der Waals surface area contributed by atoms with Crippen LogP contribution < -0.4 is 15.0 Å². The first-order valence-corrected chi connectivity index (χ1v) is 8.19. The van der Waals surface area contributed by atoms with Crippen molar-refractivity contribution < 1.29 is 24.0 Å². The van der Waals surface area contributed by atoms with Crippen LogP contribution in [-0.2, 0) is 9.59 Å². The van der Waals surface area contributed by atoms with Crippen LogP contribution in [0.25, 0.3) is 6.08 Å². The van der Waals surface area contributed by atoms with E-state index in [1.54, 1.807) is 0 Å². The Bertz CT molecular complexity index is 1030. The van der Waals surface area contributed by atoms with Gasteiger partial charge in [0.1, 0.15) is 5.57 Å². The Hall–Kier alpha value is -3.72. The van der Waals surface area contributed by atoms with E-state index in [0.29, 0.717) is 5.02 Å². The normalized spacial score (nSPS) is 15.6. The fraction of sp³-hybridized carbons (Fsp3) is 0.0556. The first-order chi connectivity index (χ1) is 13.3. The summed E-state index contributed by atoms with van der Waals surface area (Å²) in [5.74, 6) is -1.92. The average Bonchev–Trinajstić information content (AvgIpc) is 2.66. The zero-order valence-electron chi connectivity index (χ0n) is 14.3. The highest BCUT2D eigenvalue weighted by atomic mass is 35.5. The Labute approximate surface area is 163 Å². The number of ether oxygens (including phenoxy) is 1. The van der Waals surface area contributed by atoms with Crippen LogP contribution in [0.4, 0.5) is 16.2 Å². The van der Waals surface area contributed by atoms with Gasteiger partial charge in [-0.2, -0.15) is 0 Å². The number of nitrogens with zero attached hydrogens (tertiary/aromatic N) is 2. The van der Waals surface area contributed by atoms with Crippen LogP contribution in [0.2, 0.25) is 5.02 Å². The van der Waals surface area contributed by atoms with Crippen molar-refractivity contribution >= 4 is 46.9 Å². The average molecular weight is 402 g/mol. The molecule has 1 aliphatic rings. The minimum absolute atomic E-state index is 0.115. The summed E-state index contributed by atoms with van der Waals surface area (Å²) < 4.78 is 5.07. The number of barbiturate groups is 1. The van der Waals surface area contributed by atoms with E-state index in [1.165, 1.54) is 49.6 Å².